The van der Waals surface area contributed by atoms with Crippen molar-refractivity contribution < 1.29 is 23.0 Å². The van der Waals surface area contributed by atoms with E-state index in [0.717, 1.165) is 17.8 Å². The molecular weight excluding hydrogens is 468 g/mol. The van der Waals surface area contributed by atoms with E-state index < -0.39 is 29.5 Å². The standard InChI is InChI=1S/C23H24ClF2N5O3/c24-18-12-15(29-31-10-11-33-17(13-27)14-31)4-5-21(18)34-16-6-8-30(9-7-16)23(32)28-22-19(25)2-1-3-20(22)26/h1-5,12,16-17,29H,6-11,14H2,(H,28,32). The second-order valence-electron chi connectivity index (χ2n) is 8.02. The Morgan fingerprint density at radius 1 is 1.18 bits per heavy atom. The number of para-hydroxylation sites is 1. The summed E-state index contributed by atoms with van der Waals surface area (Å²) in [5, 5.41) is 13.7. The molecule has 0 radical (unpaired) electrons. The number of nitrogens with zero attached hydrogens (tertiary/aromatic N) is 3. The second-order valence-corrected chi connectivity index (χ2v) is 8.43. The number of urea groups is 1. The molecule has 2 amide bonds. The van der Waals surface area contributed by atoms with Gasteiger partial charge in [-0.3, -0.25) is 0 Å². The van der Waals surface area contributed by atoms with E-state index >= 15 is 0 Å². The number of anilines is 2. The van der Waals surface area contributed by atoms with Gasteiger partial charge in [-0.25, -0.2) is 18.6 Å². The fraction of sp³-hybridized carbons (Fsp3) is 0.391. The first-order valence-electron chi connectivity index (χ1n) is 10.9. The maximum absolute atomic E-state index is 13.8. The van der Waals surface area contributed by atoms with E-state index in [-0.39, 0.29) is 6.10 Å². The molecule has 34 heavy (non-hydrogen) atoms. The molecule has 0 aliphatic carbocycles. The van der Waals surface area contributed by atoms with Crippen LogP contribution in [0.1, 0.15) is 12.8 Å². The maximum atomic E-state index is 13.8. The van der Waals surface area contributed by atoms with Gasteiger partial charge in [0.1, 0.15) is 29.2 Å². The number of nitriles is 1. The lowest BCUT2D eigenvalue weighted by Gasteiger charge is -2.32. The van der Waals surface area contributed by atoms with E-state index in [1.807, 2.05) is 11.1 Å². The topological polar surface area (TPSA) is 89.9 Å². The van der Waals surface area contributed by atoms with Crippen molar-refractivity contribution in [2.75, 3.05) is 43.5 Å². The molecule has 0 aromatic heterocycles. The van der Waals surface area contributed by atoms with E-state index in [2.05, 4.69) is 16.8 Å². The molecule has 2 aromatic carbocycles. The van der Waals surface area contributed by atoms with Gasteiger partial charge in [0.05, 0.1) is 29.9 Å². The van der Waals surface area contributed by atoms with E-state index in [1.54, 1.807) is 12.1 Å². The number of hydrogen-bond acceptors (Lipinski definition) is 6. The van der Waals surface area contributed by atoms with Crippen LogP contribution in [0.15, 0.2) is 36.4 Å². The van der Waals surface area contributed by atoms with Crippen molar-refractivity contribution >= 4 is 29.0 Å². The maximum Gasteiger partial charge on any atom is 0.322 e. The molecule has 8 nitrogen and oxygen atoms in total. The average Bonchev–Trinajstić information content (AvgIpc) is 2.84. The molecule has 180 valence electrons. The van der Waals surface area contributed by atoms with Crippen LogP contribution in [0.5, 0.6) is 5.75 Å². The third-order valence-corrected chi connectivity index (χ3v) is 5.94. The molecule has 2 aliphatic heterocycles. The van der Waals surface area contributed by atoms with Crippen LogP contribution in [-0.2, 0) is 4.74 Å². The number of hydrazine groups is 1. The zero-order chi connectivity index (χ0) is 24.1. The number of amides is 2. The van der Waals surface area contributed by atoms with Crippen molar-refractivity contribution in [1.29, 1.82) is 5.26 Å². The number of piperidine rings is 1. The van der Waals surface area contributed by atoms with Gasteiger partial charge in [0.25, 0.3) is 0 Å². The molecule has 0 saturated carbocycles. The van der Waals surface area contributed by atoms with Crippen LogP contribution in [0.2, 0.25) is 5.02 Å². The van der Waals surface area contributed by atoms with Crippen molar-refractivity contribution in [3.63, 3.8) is 0 Å². The summed E-state index contributed by atoms with van der Waals surface area (Å²) in [6.45, 7) is 2.31. The average molecular weight is 492 g/mol. The zero-order valence-corrected chi connectivity index (χ0v) is 19.0. The summed E-state index contributed by atoms with van der Waals surface area (Å²) < 4.78 is 38.9. The van der Waals surface area contributed by atoms with Gasteiger partial charge >= 0.3 is 6.03 Å². The lowest BCUT2D eigenvalue weighted by molar-refractivity contribution is 0.0105. The highest BCUT2D eigenvalue weighted by atomic mass is 35.5. The van der Waals surface area contributed by atoms with Gasteiger partial charge in [0.15, 0.2) is 6.10 Å². The summed E-state index contributed by atoms with van der Waals surface area (Å²) in [6.07, 6.45) is 0.471. The molecule has 0 bridgehead atoms. The van der Waals surface area contributed by atoms with Crippen molar-refractivity contribution in [3.05, 3.63) is 53.1 Å². The van der Waals surface area contributed by atoms with Crippen LogP contribution in [0.4, 0.5) is 25.0 Å². The highest BCUT2D eigenvalue weighted by molar-refractivity contribution is 6.32. The summed E-state index contributed by atoms with van der Waals surface area (Å²) in [6, 6.07) is 10.3. The molecule has 0 spiro atoms. The Balaban J connectivity index is 1.27. The molecule has 2 N–H and O–H groups in total. The Morgan fingerprint density at radius 2 is 1.91 bits per heavy atom. The molecule has 1 atom stereocenters. The number of carbonyl (C=O) groups excluding carboxylic acids is 1. The molecule has 2 heterocycles. The smallest absolute Gasteiger partial charge is 0.322 e. The quantitative estimate of drug-likeness (QED) is 0.650. The number of nitrogens with one attached hydrogen (secondary N) is 2. The molecular formula is C23H24ClF2N5O3. The molecule has 4 rings (SSSR count). The van der Waals surface area contributed by atoms with E-state index in [4.69, 9.17) is 26.3 Å². The monoisotopic (exact) mass is 491 g/mol. The SMILES string of the molecule is N#CC1CN(Nc2ccc(OC3CCN(C(=O)Nc4c(F)cccc4F)CC3)c(Cl)c2)CCO1. The number of halogens is 3. The molecule has 1 unspecified atom stereocenters. The first-order valence-corrected chi connectivity index (χ1v) is 11.3. The fourth-order valence-electron chi connectivity index (χ4n) is 3.84. The molecule has 2 aromatic rings. The first-order chi connectivity index (χ1) is 16.4. The van der Waals surface area contributed by atoms with Gasteiger partial charge in [-0.15, -0.1) is 0 Å². The fourth-order valence-corrected chi connectivity index (χ4v) is 4.06. The number of morpholine rings is 1. The Bertz CT molecular complexity index is 1050. The van der Waals surface area contributed by atoms with Crippen molar-refractivity contribution in [3.8, 4) is 11.8 Å². The summed E-state index contributed by atoms with van der Waals surface area (Å²) in [7, 11) is 0. The minimum absolute atomic E-state index is 0.152. The largest absolute Gasteiger partial charge is 0.489 e. The highest BCUT2D eigenvalue weighted by Crippen LogP contribution is 2.30. The Morgan fingerprint density at radius 3 is 2.59 bits per heavy atom. The third-order valence-electron chi connectivity index (χ3n) is 5.65. The number of ether oxygens (including phenoxy) is 2. The van der Waals surface area contributed by atoms with Gasteiger partial charge in [-0.2, -0.15) is 5.26 Å². The number of hydrogen-bond donors (Lipinski definition) is 2. The minimum Gasteiger partial charge on any atom is -0.489 e. The van der Waals surface area contributed by atoms with Crippen LogP contribution in [0.25, 0.3) is 0 Å². The summed E-state index contributed by atoms with van der Waals surface area (Å²) in [5.74, 6) is -1.12. The van der Waals surface area contributed by atoms with Crippen LogP contribution < -0.4 is 15.5 Å². The van der Waals surface area contributed by atoms with Crippen LogP contribution in [0, 0.1) is 23.0 Å². The highest BCUT2D eigenvalue weighted by Gasteiger charge is 2.26. The van der Waals surface area contributed by atoms with Crippen LogP contribution in [0.3, 0.4) is 0 Å². The van der Waals surface area contributed by atoms with Gasteiger partial charge in [-0.1, -0.05) is 17.7 Å². The molecule has 2 fully saturated rings. The summed E-state index contributed by atoms with van der Waals surface area (Å²) >= 11 is 6.42. The van der Waals surface area contributed by atoms with Crippen LogP contribution >= 0.6 is 11.6 Å². The summed E-state index contributed by atoms with van der Waals surface area (Å²) in [5.41, 5.74) is 3.53. The van der Waals surface area contributed by atoms with Gasteiger partial charge in [0, 0.05) is 32.5 Å². The van der Waals surface area contributed by atoms with E-state index in [1.165, 1.54) is 11.0 Å². The number of benzene rings is 2. The van der Waals surface area contributed by atoms with Gasteiger partial charge in [-0.05, 0) is 30.3 Å². The normalized spacial score (nSPS) is 19.4. The number of rotatable bonds is 5. The first kappa shape index (κ1) is 24.0. The molecule has 2 aliphatic rings. The Kier molecular flexibility index (Phi) is 7.67. The summed E-state index contributed by atoms with van der Waals surface area (Å²) in [4.78, 5) is 13.9. The minimum atomic E-state index is -0.822. The predicted octanol–water partition coefficient (Wildman–Crippen LogP) is 4.24. The molecule has 11 heteroatoms. The molecule has 2 saturated heterocycles. The number of carbonyl (C=O) groups is 1. The lowest BCUT2D eigenvalue weighted by Crippen LogP contribution is -2.44. The Labute approximate surface area is 200 Å². The second kappa shape index (κ2) is 10.9. The van der Waals surface area contributed by atoms with Gasteiger partial charge < -0.3 is 25.1 Å². The zero-order valence-electron chi connectivity index (χ0n) is 18.3. The van der Waals surface area contributed by atoms with Crippen molar-refractivity contribution in [2.24, 2.45) is 0 Å². The lowest BCUT2D eigenvalue weighted by atomic mass is 10.1. The van der Waals surface area contributed by atoms with Crippen molar-refractivity contribution in [1.82, 2.24) is 9.91 Å². The number of likely N-dealkylation sites (tertiary alicyclic amines) is 1. The van der Waals surface area contributed by atoms with Crippen molar-refractivity contribution in [2.45, 2.75) is 25.0 Å². The van der Waals surface area contributed by atoms with E-state index in [9.17, 15) is 13.6 Å². The van der Waals surface area contributed by atoms with Gasteiger partial charge in [0.2, 0.25) is 0 Å². The Hall–Kier alpha value is -3.13. The van der Waals surface area contributed by atoms with E-state index in [0.29, 0.717) is 56.4 Å². The third kappa shape index (κ3) is 5.86. The van der Waals surface area contributed by atoms with Crippen LogP contribution in [-0.4, -0.2) is 60.9 Å². The predicted molar refractivity (Wildman–Crippen MR) is 123 cm³/mol.